The van der Waals surface area contributed by atoms with Crippen LogP contribution < -0.4 is 10.5 Å². The number of thiophene rings is 1. The van der Waals surface area contributed by atoms with Gasteiger partial charge in [-0.15, -0.1) is 11.3 Å². The minimum atomic E-state index is 0.0405. The van der Waals surface area contributed by atoms with E-state index < -0.39 is 0 Å². The summed E-state index contributed by atoms with van der Waals surface area (Å²) < 4.78 is 6.98. The Balaban J connectivity index is 2.16. The normalized spacial score (nSPS) is 12.4. The first kappa shape index (κ1) is 12.6. The van der Waals surface area contributed by atoms with Gasteiger partial charge in [-0.2, -0.15) is 0 Å². The highest BCUT2D eigenvalue weighted by molar-refractivity contribution is 9.10. The molecule has 0 aliphatic heterocycles. The lowest BCUT2D eigenvalue weighted by molar-refractivity contribution is 0.200. The average Bonchev–Trinajstić information content (AvgIpc) is 2.85. The molecule has 0 aliphatic carbocycles. The number of para-hydroxylation sites is 1. The Morgan fingerprint density at radius 2 is 2.06 bits per heavy atom. The number of nitrogens with two attached hydrogens (primary N) is 1. The van der Waals surface area contributed by atoms with Gasteiger partial charge in [0.15, 0.2) is 0 Å². The van der Waals surface area contributed by atoms with E-state index in [9.17, 15) is 0 Å². The second-order valence-corrected chi connectivity index (χ2v) is 5.46. The van der Waals surface area contributed by atoms with E-state index in [1.807, 2.05) is 30.3 Å². The third kappa shape index (κ3) is 3.31. The number of halogens is 1. The van der Waals surface area contributed by atoms with Gasteiger partial charge in [-0.05, 0) is 46.1 Å². The summed E-state index contributed by atoms with van der Waals surface area (Å²) in [6.07, 6.45) is 0.862. The van der Waals surface area contributed by atoms with E-state index >= 15 is 0 Å². The summed E-state index contributed by atoms with van der Waals surface area (Å²) in [6.45, 7) is 0.618. The maximum atomic E-state index is 6.01. The zero-order chi connectivity index (χ0) is 12.1. The van der Waals surface area contributed by atoms with Crippen LogP contribution in [-0.2, 0) is 0 Å². The lowest BCUT2D eigenvalue weighted by Gasteiger charge is -2.18. The van der Waals surface area contributed by atoms with Gasteiger partial charge in [-0.3, -0.25) is 0 Å². The molecule has 0 radical (unpaired) electrons. The molecule has 0 amide bonds. The van der Waals surface area contributed by atoms with Crippen molar-refractivity contribution in [1.82, 2.24) is 0 Å². The van der Waals surface area contributed by atoms with Crippen LogP contribution in [0.1, 0.15) is 17.4 Å². The minimum absolute atomic E-state index is 0.0405. The molecule has 4 heteroatoms. The molecule has 0 spiro atoms. The van der Waals surface area contributed by atoms with Crippen molar-refractivity contribution in [3.8, 4) is 5.75 Å². The summed E-state index contributed by atoms with van der Waals surface area (Å²) >= 11 is 5.19. The topological polar surface area (TPSA) is 35.2 Å². The molecular formula is C13H14BrNOS. The minimum Gasteiger partial charge on any atom is -0.484 e. The predicted octanol–water partition coefficient (Wildman–Crippen LogP) is 3.98. The van der Waals surface area contributed by atoms with E-state index in [4.69, 9.17) is 10.5 Å². The number of benzene rings is 1. The fraction of sp³-hybridized carbons (Fsp3) is 0.231. The molecule has 90 valence electrons. The van der Waals surface area contributed by atoms with Crippen molar-refractivity contribution in [3.63, 3.8) is 0 Å². The number of rotatable bonds is 5. The molecule has 0 fully saturated rings. The average molecular weight is 312 g/mol. The van der Waals surface area contributed by atoms with Crippen molar-refractivity contribution >= 4 is 27.3 Å². The van der Waals surface area contributed by atoms with Gasteiger partial charge >= 0.3 is 0 Å². The fourth-order valence-corrected chi connectivity index (χ4v) is 2.75. The van der Waals surface area contributed by atoms with E-state index in [0.29, 0.717) is 6.54 Å². The molecule has 0 saturated heterocycles. The van der Waals surface area contributed by atoms with E-state index in [0.717, 1.165) is 16.6 Å². The molecule has 0 bridgehead atoms. The molecule has 2 aromatic rings. The monoisotopic (exact) mass is 311 g/mol. The van der Waals surface area contributed by atoms with Crippen LogP contribution >= 0.6 is 27.3 Å². The van der Waals surface area contributed by atoms with E-state index in [2.05, 4.69) is 27.4 Å². The van der Waals surface area contributed by atoms with Gasteiger partial charge in [0.25, 0.3) is 0 Å². The SMILES string of the molecule is NCC[C@@H](Oc1ccccc1Br)c1cccs1. The van der Waals surface area contributed by atoms with Crippen LogP contribution in [0, 0.1) is 0 Å². The molecule has 1 aromatic heterocycles. The van der Waals surface area contributed by atoms with Crippen LogP contribution in [0.3, 0.4) is 0 Å². The summed E-state index contributed by atoms with van der Waals surface area (Å²) in [7, 11) is 0. The largest absolute Gasteiger partial charge is 0.484 e. The lowest BCUT2D eigenvalue weighted by Crippen LogP contribution is -2.12. The molecule has 1 atom stereocenters. The van der Waals surface area contributed by atoms with Gasteiger partial charge in [0.05, 0.1) is 4.47 Å². The summed E-state index contributed by atoms with van der Waals surface area (Å²) in [5.41, 5.74) is 5.64. The van der Waals surface area contributed by atoms with Crippen LogP contribution in [-0.4, -0.2) is 6.54 Å². The van der Waals surface area contributed by atoms with Gasteiger partial charge in [0.2, 0.25) is 0 Å². The lowest BCUT2D eigenvalue weighted by atomic mass is 10.2. The maximum absolute atomic E-state index is 6.01. The first-order valence-corrected chi connectivity index (χ1v) is 7.13. The predicted molar refractivity (Wildman–Crippen MR) is 75.5 cm³/mol. The van der Waals surface area contributed by atoms with Crippen LogP contribution in [0.2, 0.25) is 0 Å². The first-order valence-electron chi connectivity index (χ1n) is 5.46. The van der Waals surface area contributed by atoms with Gasteiger partial charge in [-0.1, -0.05) is 18.2 Å². The maximum Gasteiger partial charge on any atom is 0.134 e. The molecule has 1 heterocycles. The van der Waals surface area contributed by atoms with Crippen LogP contribution in [0.15, 0.2) is 46.3 Å². The van der Waals surface area contributed by atoms with Gasteiger partial charge in [-0.25, -0.2) is 0 Å². The summed E-state index contributed by atoms with van der Waals surface area (Å²) in [6, 6.07) is 12.0. The molecule has 2 nitrogen and oxygen atoms in total. The van der Waals surface area contributed by atoms with Crippen LogP contribution in [0.5, 0.6) is 5.75 Å². The Hall–Kier alpha value is -0.840. The Morgan fingerprint density at radius 1 is 1.24 bits per heavy atom. The highest BCUT2D eigenvalue weighted by Gasteiger charge is 2.14. The summed E-state index contributed by atoms with van der Waals surface area (Å²) in [5.74, 6) is 0.861. The van der Waals surface area contributed by atoms with E-state index in [-0.39, 0.29) is 6.10 Å². The van der Waals surface area contributed by atoms with Crippen LogP contribution in [0.25, 0.3) is 0 Å². The third-order valence-corrected chi connectivity index (χ3v) is 4.01. The Bertz CT molecular complexity index is 458. The second-order valence-electron chi connectivity index (χ2n) is 3.63. The molecule has 0 saturated carbocycles. The number of ether oxygens (including phenoxy) is 1. The molecule has 1 aromatic carbocycles. The molecule has 0 aliphatic rings. The van der Waals surface area contributed by atoms with Crippen molar-refractivity contribution in [2.45, 2.75) is 12.5 Å². The highest BCUT2D eigenvalue weighted by atomic mass is 79.9. The van der Waals surface area contributed by atoms with Crippen molar-refractivity contribution < 1.29 is 4.74 Å². The van der Waals surface area contributed by atoms with Gasteiger partial charge in [0, 0.05) is 11.3 Å². The Morgan fingerprint density at radius 3 is 2.71 bits per heavy atom. The summed E-state index contributed by atoms with van der Waals surface area (Å²) in [5, 5.41) is 2.06. The summed E-state index contributed by atoms with van der Waals surface area (Å²) in [4.78, 5) is 1.21. The first-order chi connectivity index (χ1) is 8.31. The molecule has 2 N–H and O–H groups in total. The molecule has 17 heavy (non-hydrogen) atoms. The number of hydrogen-bond acceptors (Lipinski definition) is 3. The van der Waals surface area contributed by atoms with Crippen LogP contribution in [0.4, 0.5) is 0 Å². The zero-order valence-corrected chi connectivity index (χ0v) is 11.7. The van der Waals surface area contributed by atoms with Crippen molar-refractivity contribution in [1.29, 1.82) is 0 Å². The Labute approximate surface area is 114 Å². The molecule has 0 unspecified atom stereocenters. The standard InChI is InChI=1S/C13H14BrNOS/c14-10-4-1-2-5-11(10)16-12(7-8-15)13-6-3-9-17-13/h1-6,9,12H,7-8,15H2/t12-/m1/s1. The second kappa shape index (κ2) is 6.19. The molecule has 2 rings (SSSR count). The number of hydrogen-bond donors (Lipinski definition) is 1. The zero-order valence-electron chi connectivity index (χ0n) is 9.30. The van der Waals surface area contributed by atoms with E-state index in [1.54, 1.807) is 11.3 Å². The van der Waals surface area contributed by atoms with Crippen molar-refractivity contribution in [2.75, 3.05) is 6.54 Å². The fourth-order valence-electron chi connectivity index (χ4n) is 1.58. The smallest absolute Gasteiger partial charge is 0.134 e. The van der Waals surface area contributed by atoms with E-state index in [1.165, 1.54) is 4.88 Å². The molecular weight excluding hydrogens is 298 g/mol. The van der Waals surface area contributed by atoms with Gasteiger partial charge < -0.3 is 10.5 Å². The van der Waals surface area contributed by atoms with Gasteiger partial charge in [0.1, 0.15) is 11.9 Å². The van der Waals surface area contributed by atoms with Crippen molar-refractivity contribution in [3.05, 3.63) is 51.1 Å². The highest BCUT2D eigenvalue weighted by Crippen LogP contribution is 2.32. The Kier molecular flexibility index (Phi) is 4.59. The van der Waals surface area contributed by atoms with Crippen molar-refractivity contribution in [2.24, 2.45) is 5.73 Å². The third-order valence-electron chi connectivity index (χ3n) is 2.40. The quantitative estimate of drug-likeness (QED) is 0.906.